The predicted molar refractivity (Wildman–Crippen MR) is 48.9 cm³/mol. The molecule has 1 amide bonds. The summed E-state index contributed by atoms with van der Waals surface area (Å²) in [5.74, 6) is 4.38. The molecule has 0 saturated heterocycles. The van der Waals surface area contributed by atoms with E-state index in [0.717, 1.165) is 10.7 Å². The zero-order valence-corrected chi connectivity index (χ0v) is 8.51. The van der Waals surface area contributed by atoms with Gasteiger partial charge in [-0.1, -0.05) is 0 Å². The number of nitrogens with one attached hydrogen (secondary N) is 1. The number of amides is 1. The van der Waals surface area contributed by atoms with Gasteiger partial charge in [0.15, 0.2) is 5.69 Å². The van der Waals surface area contributed by atoms with Crippen LogP contribution in [0.5, 0.6) is 0 Å². The van der Waals surface area contributed by atoms with Crippen LogP contribution in [0.15, 0.2) is 6.07 Å². The Labute approximate surface area is 89.4 Å². The summed E-state index contributed by atoms with van der Waals surface area (Å²) in [6.45, 7) is 1.55. The van der Waals surface area contributed by atoms with Crippen LogP contribution in [0.3, 0.4) is 0 Å². The number of nitrogens with two attached hydrogens (primary N) is 1. The minimum Gasteiger partial charge on any atom is -0.294 e. The van der Waals surface area contributed by atoms with E-state index < -0.39 is 17.8 Å². The third-order valence-electron chi connectivity index (χ3n) is 1.98. The monoisotopic (exact) mass is 236 g/mol. The van der Waals surface area contributed by atoms with Gasteiger partial charge < -0.3 is 0 Å². The van der Waals surface area contributed by atoms with Crippen LogP contribution in [-0.2, 0) is 17.5 Å². The molecule has 1 heterocycles. The van der Waals surface area contributed by atoms with E-state index in [0.29, 0.717) is 5.69 Å². The largest absolute Gasteiger partial charge is 0.435 e. The number of aryl methyl sites for hydroxylation is 2. The average Bonchev–Trinajstić information content (AvgIpc) is 2.56. The maximum Gasteiger partial charge on any atom is 0.435 e. The highest BCUT2D eigenvalue weighted by atomic mass is 19.4. The fraction of sp³-hybridized carbons (Fsp3) is 0.500. The second-order valence-electron chi connectivity index (χ2n) is 3.21. The molecule has 0 bridgehead atoms. The molecule has 16 heavy (non-hydrogen) atoms. The Hall–Kier alpha value is -1.57. The van der Waals surface area contributed by atoms with E-state index in [9.17, 15) is 18.0 Å². The standard InChI is InChI=1S/C8H11F3N4O/c1-5-4-6(8(9,10)11)14-15(5)3-2-7(16)13-12/h4H,2-3,12H2,1H3,(H,13,16). The van der Waals surface area contributed by atoms with Crippen LogP contribution in [0.4, 0.5) is 13.2 Å². The molecule has 1 rings (SSSR count). The zero-order chi connectivity index (χ0) is 12.3. The van der Waals surface area contributed by atoms with Crippen molar-refractivity contribution in [2.75, 3.05) is 0 Å². The number of hydrazine groups is 1. The summed E-state index contributed by atoms with van der Waals surface area (Å²) >= 11 is 0. The molecule has 3 N–H and O–H groups in total. The van der Waals surface area contributed by atoms with E-state index in [1.54, 1.807) is 0 Å². The Bertz CT molecular complexity index is 385. The van der Waals surface area contributed by atoms with Crippen molar-refractivity contribution in [1.29, 1.82) is 0 Å². The lowest BCUT2D eigenvalue weighted by molar-refractivity contribution is -0.141. The normalized spacial score (nSPS) is 11.6. The first kappa shape index (κ1) is 12.5. The third-order valence-corrected chi connectivity index (χ3v) is 1.98. The van der Waals surface area contributed by atoms with Gasteiger partial charge in [-0.05, 0) is 13.0 Å². The molecule has 0 aromatic carbocycles. The lowest BCUT2D eigenvalue weighted by Gasteiger charge is -2.03. The zero-order valence-electron chi connectivity index (χ0n) is 8.51. The number of rotatable bonds is 3. The van der Waals surface area contributed by atoms with Crippen LogP contribution in [0.2, 0.25) is 0 Å². The number of aromatic nitrogens is 2. The quantitative estimate of drug-likeness (QED) is 0.458. The van der Waals surface area contributed by atoms with Gasteiger partial charge in [0.1, 0.15) is 0 Å². The molecule has 0 aliphatic carbocycles. The van der Waals surface area contributed by atoms with Crippen molar-refractivity contribution in [1.82, 2.24) is 15.2 Å². The topological polar surface area (TPSA) is 72.9 Å². The lowest BCUT2D eigenvalue weighted by Crippen LogP contribution is -2.30. The molecular weight excluding hydrogens is 225 g/mol. The smallest absolute Gasteiger partial charge is 0.294 e. The van der Waals surface area contributed by atoms with Crippen LogP contribution in [0.1, 0.15) is 17.8 Å². The fourth-order valence-corrected chi connectivity index (χ4v) is 1.15. The van der Waals surface area contributed by atoms with E-state index in [1.807, 2.05) is 5.43 Å². The first-order chi connectivity index (χ1) is 7.34. The van der Waals surface area contributed by atoms with Gasteiger partial charge in [0, 0.05) is 12.1 Å². The Morgan fingerprint density at radius 3 is 2.69 bits per heavy atom. The molecule has 8 heteroatoms. The summed E-state index contributed by atoms with van der Waals surface area (Å²) in [5, 5.41) is 3.36. The number of hydrogen-bond donors (Lipinski definition) is 2. The van der Waals surface area contributed by atoms with Crippen LogP contribution >= 0.6 is 0 Å². The predicted octanol–water partition coefficient (Wildman–Crippen LogP) is 0.590. The van der Waals surface area contributed by atoms with Crippen LogP contribution in [0.25, 0.3) is 0 Å². The molecule has 0 fully saturated rings. The molecule has 5 nitrogen and oxygen atoms in total. The van der Waals surface area contributed by atoms with Crippen molar-refractivity contribution >= 4 is 5.91 Å². The van der Waals surface area contributed by atoms with E-state index in [2.05, 4.69) is 5.10 Å². The Balaban J connectivity index is 2.75. The molecule has 90 valence electrons. The Kier molecular flexibility index (Phi) is 3.53. The van der Waals surface area contributed by atoms with Gasteiger partial charge >= 0.3 is 6.18 Å². The number of halogens is 3. The summed E-state index contributed by atoms with van der Waals surface area (Å²) < 4.78 is 37.9. The number of nitrogens with zero attached hydrogens (tertiary/aromatic N) is 2. The summed E-state index contributed by atoms with van der Waals surface area (Å²) in [7, 11) is 0. The number of carbonyl (C=O) groups excluding carboxylic acids is 1. The molecule has 1 aromatic rings. The van der Waals surface area contributed by atoms with Crippen LogP contribution in [-0.4, -0.2) is 15.7 Å². The SMILES string of the molecule is Cc1cc(C(F)(F)F)nn1CCC(=O)NN. The van der Waals surface area contributed by atoms with Gasteiger partial charge in [0.2, 0.25) is 5.91 Å². The summed E-state index contributed by atoms with van der Waals surface area (Å²) in [6, 6.07) is 0.931. The van der Waals surface area contributed by atoms with E-state index in [4.69, 9.17) is 5.84 Å². The maximum atomic E-state index is 12.3. The van der Waals surface area contributed by atoms with Crippen molar-refractivity contribution in [3.8, 4) is 0 Å². The number of hydrogen-bond acceptors (Lipinski definition) is 3. The van der Waals surface area contributed by atoms with Gasteiger partial charge in [0.25, 0.3) is 0 Å². The van der Waals surface area contributed by atoms with Crippen molar-refractivity contribution in [3.05, 3.63) is 17.5 Å². The third kappa shape index (κ3) is 2.96. The minimum atomic E-state index is -4.47. The molecular formula is C8H11F3N4O. The van der Waals surface area contributed by atoms with Gasteiger partial charge in [-0.15, -0.1) is 0 Å². The Morgan fingerprint density at radius 1 is 1.62 bits per heavy atom. The number of alkyl halides is 3. The number of carbonyl (C=O) groups is 1. The van der Waals surface area contributed by atoms with E-state index in [1.165, 1.54) is 6.92 Å². The molecule has 0 unspecified atom stereocenters. The summed E-state index contributed by atoms with van der Waals surface area (Å²) in [4.78, 5) is 10.8. The molecule has 0 spiro atoms. The van der Waals surface area contributed by atoms with Crippen molar-refractivity contribution in [2.45, 2.75) is 26.1 Å². The van der Waals surface area contributed by atoms with Crippen molar-refractivity contribution in [2.24, 2.45) is 5.84 Å². The average molecular weight is 236 g/mol. The molecule has 1 aromatic heterocycles. The first-order valence-corrected chi connectivity index (χ1v) is 4.45. The summed E-state index contributed by atoms with van der Waals surface area (Å²) in [5.41, 5.74) is 1.27. The second kappa shape index (κ2) is 4.52. The fourth-order valence-electron chi connectivity index (χ4n) is 1.15. The molecule has 0 radical (unpaired) electrons. The Morgan fingerprint density at radius 2 is 2.25 bits per heavy atom. The van der Waals surface area contributed by atoms with Crippen LogP contribution < -0.4 is 11.3 Å². The van der Waals surface area contributed by atoms with E-state index in [-0.39, 0.29) is 13.0 Å². The maximum absolute atomic E-state index is 12.3. The van der Waals surface area contributed by atoms with Crippen molar-refractivity contribution in [3.63, 3.8) is 0 Å². The molecule has 0 aliphatic heterocycles. The second-order valence-corrected chi connectivity index (χ2v) is 3.21. The highest BCUT2D eigenvalue weighted by Gasteiger charge is 2.34. The van der Waals surface area contributed by atoms with E-state index >= 15 is 0 Å². The molecule has 0 saturated carbocycles. The van der Waals surface area contributed by atoms with Crippen LogP contribution in [0, 0.1) is 6.92 Å². The molecule has 0 aliphatic rings. The molecule has 0 atom stereocenters. The van der Waals surface area contributed by atoms with Gasteiger partial charge in [-0.2, -0.15) is 18.3 Å². The van der Waals surface area contributed by atoms with Gasteiger partial charge in [-0.25, -0.2) is 5.84 Å². The highest BCUT2D eigenvalue weighted by molar-refractivity contribution is 5.74. The first-order valence-electron chi connectivity index (χ1n) is 4.45. The van der Waals surface area contributed by atoms with Gasteiger partial charge in [-0.3, -0.25) is 14.9 Å². The van der Waals surface area contributed by atoms with Crippen molar-refractivity contribution < 1.29 is 18.0 Å². The minimum absolute atomic E-state index is 0.0175. The highest BCUT2D eigenvalue weighted by Crippen LogP contribution is 2.28. The lowest BCUT2D eigenvalue weighted by atomic mass is 10.3. The summed E-state index contributed by atoms with van der Waals surface area (Å²) in [6.07, 6.45) is -4.48. The van der Waals surface area contributed by atoms with Gasteiger partial charge in [0.05, 0.1) is 6.54 Å².